The maximum Gasteiger partial charge on any atom is 0.316 e. The number of carbonyl (C=O) groups excluding carboxylic acids is 1. The van der Waals surface area contributed by atoms with Gasteiger partial charge in [-0.25, -0.2) is 0 Å². The van der Waals surface area contributed by atoms with Gasteiger partial charge in [0.15, 0.2) is 0 Å². The van der Waals surface area contributed by atoms with Crippen LogP contribution < -0.4 is 5.32 Å². The van der Waals surface area contributed by atoms with Gasteiger partial charge in [-0.3, -0.25) is 9.59 Å². The summed E-state index contributed by atoms with van der Waals surface area (Å²) >= 11 is 0. The summed E-state index contributed by atoms with van der Waals surface area (Å²) in [5.74, 6) is -2.65. The predicted molar refractivity (Wildman–Crippen MR) is 61.1 cm³/mol. The van der Waals surface area contributed by atoms with Gasteiger partial charge in [0.1, 0.15) is 5.92 Å². The maximum atomic E-state index is 11.8. The van der Waals surface area contributed by atoms with Crippen molar-refractivity contribution in [3.63, 3.8) is 0 Å². The van der Waals surface area contributed by atoms with Crippen LogP contribution >= 0.6 is 0 Å². The summed E-state index contributed by atoms with van der Waals surface area (Å²) in [7, 11) is 0. The molecule has 1 unspecified atom stereocenters. The number of nitrogens with one attached hydrogen (secondary N) is 1. The Labute approximate surface area is 99.8 Å². The van der Waals surface area contributed by atoms with Crippen molar-refractivity contribution in [1.29, 1.82) is 0 Å². The highest BCUT2D eigenvalue weighted by Gasteiger charge is 2.37. The first-order valence-corrected chi connectivity index (χ1v) is 5.34. The van der Waals surface area contributed by atoms with Crippen LogP contribution in [0.2, 0.25) is 0 Å². The van der Waals surface area contributed by atoms with Gasteiger partial charge in [0.25, 0.3) is 0 Å². The van der Waals surface area contributed by atoms with E-state index in [4.69, 9.17) is 9.52 Å². The van der Waals surface area contributed by atoms with Gasteiger partial charge in [-0.1, -0.05) is 20.8 Å². The molecular weight excluding hydrogens is 222 g/mol. The van der Waals surface area contributed by atoms with Gasteiger partial charge in [-0.2, -0.15) is 0 Å². The van der Waals surface area contributed by atoms with Crippen LogP contribution in [0.3, 0.4) is 0 Å². The second kappa shape index (κ2) is 5.03. The number of hydrogen-bond acceptors (Lipinski definition) is 3. The molecule has 5 heteroatoms. The molecule has 0 saturated heterocycles. The first-order valence-electron chi connectivity index (χ1n) is 5.34. The number of carboxylic acid groups (broad SMARTS) is 1. The normalized spacial score (nSPS) is 13.1. The van der Waals surface area contributed by atoms with E-state index >= 15 is 0 Å². The maximum absolute atomic E-state index is 11.8. The van der Waals surface area contributed by atoms with E-state index in [-0.39, 0.29) is 6.54 Å². The molecule has 0 aromatic carbocycles. The van der Waals surface area contributed by atoms with Gasteiger partial charge >= 0.3 is 5.97 Å². The SMILES string of the molecule is CC(C)(C)C(C(=O)O)C(=O)NCc1ccoc1. The largest absolute Gasteiger partial charge is 0.481 e. The van der Waals surface area contributed by atoms with Gasteiger partial charge in [0.2, 0.25) is 5.91 Å². The summed E-state index contributed by atoms with van der Waals surface area (Å²) in [4.78, 5) is 22.9. The lowest BCUT2D eigenvalue weighted by Gasteiger charge is -2.25. The van der Waals surface area contributed by atoms with Crippen LogP contribution in [0.4, 0.5) is 0 Å². The Balaban J connectivity index is 2.64. The van der Waals surface area contributed by atoms with E-state index in [0.29, 0.717) is 0 Å². The van der Waals surface area contributed by atoms with Gasteiger partial charge in [0.05, 0.1) is 12.5 Å². The molecule has 1 aromatic rings. The number of furan rings is 1. The summed E-state index contributed by atoms with van der Waals surface area (Å²) in [6, 6.07) is 1.72. The van der Waals surface area contributed by atoms with Gasteiger partial charge < -0.3 is 14.8 Å². The van der Waals surface area contributed by atoms with E-state index < -0.39 is 23.2 Å². The van der Waals surface area contributed by atoms with Crippen LogP contribution in [0, 0.1) is 11.3 Å². The molecule has 1 aromatic heterocycles. The first kappa shape index (κ1) is 13.3. The van der Waals surface area contributed by atoms with E-state index in [1.165, 1.54) is 12.5 Å². The van der Waals surface area contributed by atoms with Gasteiger partial charge in [-0.05, 0) is 11.5 Å². The van der Waals surface area contributed by atoms with Gasteiger partial charge in [-0.15, -0.1) is 0 Å². The molecule has 0 aliphatic heterocycles. The monoisotopic (exact) mass is 239 g/mol. The molecular formula is C12H17NO4. The number of carboxylic acids is 1. The fourth-order valence-electron chi connectivity index (χ4n) is 1.56. The van der Waals surface area contributed by atoms with E-state index in [1.54, 1.807) is 26.8 Å². The van der Waals surface area contributed by atoms with Crippen LogP contribution in [-0.4, -0.2) is 17.0 Å². The van der Waals surface area contributed by atoms with Crippen LogP contribution in [0.1, 0.15) is 26.3 Å². The highest BCUT2D eigenvalue weighted by Crippen LogP contribution is 2.26. The predicted octanol–water partition coefficient (Wildman–Crippen LogP) is 1.64. The third-order valence-corrected chi connectivity index (χ3v) is 2.42. The molecule has 0 fully saturated rings. The average Bonchev–Trinajstić information content (AvgIpc) is 2.63. The standard InChI is InChI=1S/C12H17NO4/c1-12(2,3)9(11(15)16)10(14)13-6-8-4-5-17-7-8/h4-5,7,9H,6H2,1-3H3,(H,13,14)(H,15,16). The zero-order valence-corrected chi connectivity index (χ0v) is 10.2. The minimum Gasteiger partial charge on any atom is -0.481 e. The highest BCUT2D eigenvalue weighted by molar-refractivity contribution is 5.97. The van der Waals surface area contributed by atoms with Crippen molar-refractivity contribution in [3.05, 3.63) is 24.2 Å². The van der Waals surface area contributed by atoms with E-state index in [9.17, 15) is 9.59 Å². The minimum absolute atomic E-state index is 0.273. The fourth-order valence-corrected chi connectivity index (χ4v) is 1.56. The summed E-state index contributed by atoms with van der Waals surface area (Å²) < 4.78 is 4.85. The Bertz CT molecular complexity index is 389. The van der Waals surface area contributed by atoms with Crippen LogP contribution in [0.25, 0.3) is 0 Å². The number of hydrogen-bond donors (Lipinski definition) is 2. The molecule has 2 N–H and O–H groups in total. The molecule has 1 rings (SSSR count). The van der Waals surface area contributed by atoms with Crippen molar-refractivity contribution in [2.75, 3.05) is 0 Å². The number of rotatable bonds is 4. The van der Waals surface area contributed by atoms with E-state index in [2.05, 4.69) is 5.32 Å². The highest BCUT2D eigenvalue weighted by atomic mass is 16.4. The third-order valence-electron chi connectivity index (χ3n) is 2.42. The lowest BCUT2D eigenvalue weighted by molar-refractivity contribution is -0.151. The Morgan fingerprint density at radius 2 is 2.12 bits per heavy atom. The molecule has 94 valence electrons. The smallest absolute Gasteiger partial charge is 0.316 e. The summed E-state index contributed by atoms with van der Waals surface area (Å²) in [5, 5.41) is 11.7. The molecule has 0 aliphatic carbocycles. The molecule has 1 heterocycles. The Morgan fingerprint density at radius 1 is 1.47 bits per heavy atom. The second-order valence-electron chi connectivity index (χ2n) is 4.99. The molecule has 5 nitrogen and oxygen atoms in total. The van der Waals surface area contributed by atoms with Gasteiger partial charge in [0, 0.05) is 12.1 Å². The van der Waals surface area contributed by atoms with Crippen LogP contribution in [0.5, 0.6) is 0 Å². The zero-order chi connectivity index (χ0) is 13.1. The Morgan fingerprint density at radius 3 is 2.53 bits per heavy atom. The number of carbonyl (C=O) groups is 2. The van der Waals surface area contributed by atoms with Crippen LogP contribution in [0.15, 0.2) is 23.0 Å². The summed E-state index contributed by atoms with van der Waals surface area (Å²) in [5.41, 5.74) is 0.183. The van der Waals surface area contributed by atoms with E-state index in [1.807, 2.05) is 0 Å². The molecule has 17 heavy (non-hydrogen) atoms. The Kier molecular flexibility index (Phi) is 3.93. The van der Waals surface area contributed by atoms with Crippen molar-refractivity contribution in [1.82, 2.24) is 5.32 Å². The summed E-state index contributed by atoms with van der Waals surface area (Å²) in [6.07, 6.45) is 3.01. The van der Waals surface area contributed by atoms with Crippen molar-refractivity contribution >= 4 is 11.9 Å². The number of aliphatic carboxylic acids is 1. The zero-order valence-electron chi connectivity index (χ0n) is 10.2. The van der Waals surface area contributed by atoms with Crippen LogP contribution in [-0.2, 0) is 16.1 Å². The van der Waals surface area contributed by atoms with Crippen molar-refractivity contribution in [2.45, 2.75) is 27.3 Å². The average molecular weight is 239 g/mol. The molecule has 0 bridgehead atoms. The molecule has 0 saturated carbocycles. The van der Waals surface area contributed by atoms with Crippen molar-refractivity contribution in [2.24, 2.45) is 11.3 Å². The molecule has 1 amide bonds. The van der Waals surface area contributed by atoms with E-state index in [0.717, 1.165) is 5.56 Å². The third kappa shape index (κ3) is 3.62. The topological polar surface area (TPSA) is 79.5 Å². The first-order chi connectivity index (χ1) is 7.82. The fraction of sp³-hybridized carbons (Fsp3) is 0.500. The van der Waals surface area contributed by atoms with Crippen molar-refractivity contribution in [3.8, 4) is 0 Å². The molecule has 0 spiro atoms. The Hall–Kier alpha value is -1.78. The minimum atomic E-state index is -1.11. The quantitative estimate of drug-likeness (QED) is 0.783. The molecule has 1 atom stereocenters. The number of amides is 1. The molecule has 0 aliphatic rings. The lowest BCUT2D eigenvalue weighted by Crippen LogP contribution is -2.42. The second-order valence-corrected chi connectivity index (χ2v) is 4.99. The molecule has 0 radical (unpaired) electrons. The van der Waals surface area contributed by atoms with Crippen molar-refractivity contribution < 1.29 is 19.1 Å². The lowest BCUT2D eigenvalue weighted by atomic mass is 9.80. The summed E-state index contributed by atoms with van der Waals surface area (Å²) in [6.45, 7) is 5.45.